The number of aromatic nitrogens is 1. The first-order chi connectivity index (χ1) is 9.31. The van der Waals surface area contributed by atoms with Gasteiger partial charge in [-0.15, -0.1) is 0 Å². The van der Waals surface area contributed by atoms with Crippen molar-refractivity contribution in [3.63, 3.8) is 0 Å². The summed E-state index contributed by atoms with van der Waals surface area (Å²) >= 11 is 0. The molecule has 2 rings (SSSR count). The van der Waals surface area contributed by atoms with Crippen molar-refractivity contribution in [3.05, 3.63) is 22.4 Å². The Morgan fingerprint density at radius 2 is 2.10 bits per heavy atom. The summed E-state index contributed by atoms with van der Waals surface area (Å²) in [5, 5.41) is 17.5. The predicted molar refractivity (Wildman–Crippen MR) is 79.3 cm³/mol. The minimum absolute atomic E-state index is 0.0456. The Hall–Kier alpha value is -1.89. The van der Waals surface area contributed by atoms with Gasteiger partial charge in [-0.25, -0.2) is 4.98 Å². The summed E-state index contributed by atoms with van der Waals surface area (Å²) in [6, 6.07) is 2.06. The van der Waals surface area contributed by atoms with Crippen LogP contribution < -0.4 is 15.5 Å². The number of nitro groups is 1. The van der Waals surface area contributed by atoms with Crippen LogP contribution in [0.25, 0.3) is 0 Å². The molecule has 2 N–H and O–H groups in total. The molecule has 0 atom stereocenters. The summed E-state index contributed by atoms with van der Waals surface area (Å²) < 4.78 is 0. The van der Waals surface area contributed by atoms with Gasteiger partial charge in [-0.05, 0) is 26.8 Å². The van der Waals surface area contributed by atoms with Crippen LogP contribution in [0.2, 0.25) is 0 Å². The molecule has 0 aromatic carbocycles. The molecular formula is C13H21N5O2. The lowest BCUT2D eigenvalue weighted by Crippen LogP contribution is -2.62. The molecule has 7 nitrogen and oxygen atoms in total. The van der Waals surface area contributed by atoms with Crippen molar-refractivity contribution in [2.45, 2.75) is 32.4 Å². The maximum absolute atomic E-state index is 11.2. The summed E-state index contributed by atoms with van der Waals surface area (Å²) in [5.41, 5.74) is 0.724. The first-order valence-electron chi connectivity index (χ1n) is 6.65. The van der Waals surface area contributed by atoms with Crippen LogP contribution in [-0.4, -0.2) is 41.6 Å². The second-order valence-corrected chi connectivity index (χ2v) is 6.03. The van der Waals surface area contributed by atoms with Crippen LogP contribution >= 0.6 is 0 Å². The highest BCUT2D eigenvalue weighted by atomic mass is 16.6. The third-order valence-electron chi connectivity index (χ3n) is 3.18. The number of nitrogens with one attached hydrogen (secondary N) is 2. The number of nitrogens with zero attached hydrogens (tertiary/aromatic N) is 3. The van der Waals surface area contributed by atoms with Gasteiger partial charge in [0.15, 0.2) is 0 Å². The van der Waals surface area contributed by atoms with E-state index in [1.165, 1.54) is 0 Å². The molecule has 1 aromatic rings. The largest absolute Gasteiger partial charge is 0.367 e. The molecule has 20 heavy (non-hydrogen) atoms. The van der Waals surface area contributed by atoms with Crippen LogP contribution in [0.1, 0.15) is 20.8 Å². The van der Waals surface area contributed by atoms with E-state index in [1.807, 2.05) is 4.90 Å². The first kappa shape index (κ1) is 14.5. The molecule has 7 heteroatoms. The van der Waals surface area contributed by atoms with Gasteiger partial charge >= 0.3 is 5.69 Å². The standard InChI is InChI=1S/C13H21N5O2/c1-13(2,3)16-9-7-17(8-9)10-5-6-15-12(14-4)11(10)18(19)20/h5-6,9,16H,7-8H2,1-4H3,(H,14,15). The maximum atomic E-state index is 11.2. The van der Waals surface area contributed by atoms with E-state index in [9.17, 15) is 10.1 Å². The van der Waals surface area contributed by atoms with Crippen molar-refractivity contribution < 1.29 is 4.92 Å². The second kappa shape index (κ2) is 5.24. The quantitative estimate of drug-likeness (QED) is 0.643. The first-order valence-corrected chi connectivity index (χ1v) is 6.65. The third-order valence-corrected chi connectivity index (χ3v) is 3.18. The predicted octanol–water partition coefficient (Wildman–Crippen LogP) is 1.61. The minimum atomic E-state index is -0.376. The number of hydrogen-bond donors (Lipinski definition) is 2. The Labute approximate surface area is 118 Å². The summed E-state index contributed by atoms with van der Waals surface area (Å²) in [5.74, 6) is 0.305. The molecule has 1 aliphatic heterocycles. The molecule has 0 aliphatic carbocycles. The monoisotopic (exact) mass is 279 g/mol. The molecule has 0 bridgehead atoms. The lowest BCUT2D eigenvalue weighted by atomic mass is 10.0. The van der Waals surface area contributed by atoms with E-state index in [1.54, 1.807) is 19.3 Å². The SMILES string of the molecule is CNc1nccc(N2CC(NC(C)(C)C)C2)c1[N+](=O)[O-]. The van der Waals surface area contributed by atoms with Gasteiger partial charge in [0.1, 0.15) is 5.69 Å². The van der Waals surface area contributed by atoms with Crippen molar-refractivity contribution in [2.24, 2.45) is 0 Å². The second-order valence-electron chi connectivity index (χ2n) is 6.03. The van der Waals surface area contributed by atoms with Gasteiger partial charge in [-0.2, -0.15) is 0 Å². The van der Waals surface area contributed by atoms with Crippen LogP contribution in [0.4, 0.5) is 17.2 Å². The highest BCUT2D eigenvalue weighted by Crippen LogP contribution is 2.35. The maximum Gasteiger partial charge on any atom is 0.334 e. The normalized spacial score (nSPS) is 15.9. The van der Waals surface area contributed by atoms with Crippen LogP contribution in [0.15, 0.2) is 12.3 Å². The Kier molecular flexibility index (Phi) is 3.80. The van der Waals surface area contributed by atoms with Crippen molar-refractivity contribution in [1.82, 2.24) is 10.3 Å². The molecule has 1 saturated heterocycles. The fourth-order valence-corrected chi connectivity index (χ4v) is 2.44. The Morgan fingerprint density at radius 1 is 1.45 bits per heavy atom. The van der Waals surface area contributed by atoms with E-state index in [4.69, 9.17) is 0 Å². The molecule has 0 spiro atoms. The zero-order chi connectivity index (χ0) is 14.9. The molecule has 1 aliphatic rings. The van der Waals surface area contributed by atoms with Crippen molar-refractivity contribution in [3.8, 4) is 0 Å². The van der Waals surface area contributed by atoms with Crippen LogP contribution in [0.3, 0.4) is 0 Å². The zero-order valence-corrected chi connectivity index (χ0v) is 12.3. The summed E-state index contributed by atoms with van der Waals surface area (Å²) in [6.07, 6.45) is 1.60. The Balaban J connectivity index is 2.14. The van der Waals surface area contributed by atoms with Gasteiger partial charge in [0, 0.05) is 37.9 Å². The van der Waals surface area contributed by atoms with Gasteiger partial charge in [0.25, 0.3) is 0 Å². The average Bonchev–Trinajstić information content (AvgIpc) is 2.30. The van der Waals surface area contributed by atoms with Crippen molar-refractivity contribution in [1.29, 1.82) is 0 Å². The molecule has 0 radical (unpaired) electrons. The van der Waals surface area contributed by atoms with E-state index in [0.29, 0.717) is 17.5 Å². The summed E-state index contributed by atoms with van der Waals surface area (Å²) in [4.78, 5) is 16.9. The molecule has 0 unspecified atom stereocenters. The fourth-order valence-electron chi connectivity index (χ4n) is 2.44. The lowest BCUT2D eigenvalue weighted by Gasteiger charge is -2.44. The van der Waals surface area contributed by atoms with Crippen LogP contribution in [0.5, 0.6) is 0 Å². The molecule has 0 saturated carbocycles. The van der Waals surface area contributed by atoms with Gasteiger partial charge in [0.05, 0.1) is 4.92 Å². The van der Waals surface area contributed by atoms with E-state index >= 15 is 0 Å². The lowest BCUT2D eigenvalue weighted by molar-refractivity contribution is -0.383. The highest BCUT2D eigenvalue weighted by Gasteiger charge is 2.34. The van der Waals surface area contributed by atoms with E-state index in [2.05, 4.69) is 36.4 Å². The zero-order valence-electron chi connectivity index (χ0n) is 12.3. The summed E-state index contributed by atoms with van der Waals surface area (Å²) in [7, 11) is 1.64. The number of hydrogen-bond acceptors (Lipinski definition) is 6. The smallest absolute Gasteiger partial charge is 0.334 e. The number of anilines is 2. The Bertz CT molecular complexity index is 506. The minimum Gasteiger partial charge on any atom is -0.367 e. The Morgan fingerprint density at radius 3 is 2.60 bits per heavy atom. The topological polar surface area (TPSA) is 83.3 Å². The average molecular weight is 279 g/mol. The number of pyridine rings is 1. The van der Waals surface area contributed by atoms with Gasteiger partial charge in [0.2, 0.25) is 5.82 Å². The van der Waals surface area contributed by atoms with E-state index < -0.39 is 0 Å². The molecule has 1 aromatic heterocycles. The third kappa shape index (κ3) is 2.98. The number of rotatable bonds is 4. The van der Waals surface area contributed by atoms with Crippen molar-refractivity contribution >= 4 is 17.2 Å². The van der Waals surface area contributed by atoms with Crippen molar-refractivity contribution in [2.75, 3.05) is 30.4 Å². The van der Waals surface area contributed by atoms with Gasteiger partial charge in [-0.3, -0.25) is 10.1 Å². The highest BCUT2D eigenvalue weighted by molar-refractivity contribution is 5.74. The van der Waals surface area contributed by atoms with Crippen LogP contribution in [-0.2, 0) is 0 Å². The molecular weight excluding hydrogens is 258 g/mol. The van der Waals surface area contributed by atoms with Gasteiger partial charge < -0.3 is 15.5 Å². The van der Waals surface area contributed by atoms with E-state index in [-0.39, 0.29) is 16.1 Å². The molecule has 110 valence electrons. The van der Waals surface area contributed by atoms with Crippen LogP contribution in [0, 0.1) is 10.1 Å². The molecule has 0 amide bonds. The summed E-state index contributed by atoms with van der Waals surface area (Å²) in [6.45, 7) is 7.88. The molecule has 1 fully saturated rings. The molecule has 2 heterocycles. The fraction of sp³-hybridized carbons (Fsp3) is 0.615. The van der Waals surface area contributed by atoms with Gasteiger partial charge in [-0.1, -0.05) is 0 Å². The van der Waals surface area contributed by atoms with E-state index in [0.717, 1.165) is 13.1 Å².